The van der Waals surface area contributed by atoms with Crippen molar-refractivity contribution >= 4 is 5.97 Å². The topological polar surface area (TPSA) is 66.8 Å². The van der Waals surface area contributed by atoms with Gasteiger partial charge in [0.2, 0.25) is 0 Å². The van der Waals surface area contributed by atoms with Crippen molar-refractivity contribution in [1.82, 2.24) is 0 Å². The van der Waals surface area contributed by atoms with E-state index in [0.717, 1.165) is 18.4 Å². The first-order valence-electron chi connectivity index (χ1n) is 11.7. The standard InChI is InChI=1S/C25H42O4/c1-2-3-4-5-6-7-8-9-10-14-19-24(23(26)18-15-20-25(27)28)29-21-22-16-12-11-13-17-22/h11-13,16-17,23-24,26H,2-10,14-15,18-21H2,1H3,(H,27,28). The van der Waals surface area contributed by atoms with Crippen LogP contribution in [-0.4, -0.2) is 28.4 Å². The number of unbranched alkanes of at least 4 members (excludes halogenated alkanes) is 9. The van der Waals surface area contributed by atoms with E-state index < -0.39 is 12.1 Å². The Morgan fingerprint density at radius 1 is 0.862 bits per heavy atom. The number of hydrogen-bond donors (Lipinski definition) is 2. The largest absolute Gasteiger partial charge is 0.481 e. The molecular weight excluding hydrogens is 364 g/mol. The van der Waals surface area contributed by atoms with Gasteiger partial charge in [-0.1, -0.05) is 101 Å². The molecule has 0 spiro atoms. The number of hydrogen-bond acceptors (Lipinski definition) is 3. The lowest BCUT2D eigenvalue weighted by Gasteiger charge is -2.23. The molecule has 0 saturated heterocycles. The monoisotopic (exact) mass is 406 g/mol. The summed E-state index contributed by atoms with van der Waals surface area (Å²) in [5, 5.41) is 19.3. The van der Waals surface area contributed by atoms with Crippen molar-refractivity contribution in [3.8, 4) is 0 Å². The predicted octanol–water partition coefficient (Wildman–Crippen LogP) is 6.50. The Balaban J connectivity index is 2.26. The van der Waals surface area contributed by atoms with Gasteiger partial charge in [0, 0.05) is 6.42 Å². The quantitative estimate of drug-likeness (QED) is 0.257. The third-order valence-electron chi connectivity index (χ3n) is 5.47. The highest BCUT2D eigenvalue weighted by Crippen LogP contribution is 2.18. The highest BCUT2D eigenvalue weighted by atomic mass is 16.5. The molecule has 0 aliphatic rings. The molecule has 0 fully saturated rings. The van der Waals surface area contributed by atoms with Gasteiger partial charge in [-0.05, 0) is 24.8 Å². The van der Waals surface area contributed by atoms with Crippen molar-refractivity contribution in [2.24, 2.45) is 0 Å². The normalized spacial score (nSPS) is 13.3. The molecule has 4 heteroatoms. The van der Waals surface area contributed by atoms with Gasteiger partial charge in [-0.2, -0.15) is 0 Å². The van der Waals surface area contributed by atoms with E-state index in [1.54, 1.807) is 0 Å². The van der Waals surface area contributed by atoms with Crippen LogP contribution in [0.5, 0.6) is 0 Å². The Bertz CT molecular complexity index is 503. The van der Waals surface area contributed by atoms with Crippen LogP contribution in [0.3, 0.4) is 0 Å². The average molecular weight is 407 g/mol. The highest BCUT2D eigenvalue weighted by molar-refractivity contribution is 5.66. The third-order valence-corrected chi connectivity index (χ3v) is 5.47. The van der Waals surface area contributed by atoms with Gasteiger partial charge >= 0.3 is 5.97 Å². The van der Waals surface area contributed by atoms with Crippen LogP contribution in [0.1, 0.15) is 102 Å². The molecule has 166 valence electrons. The Morgan fingerprint density at radius 3 is 2.03 bits per heavy atom. The molecule has 2 atom stereocenters. The number of ether oxygens (including phenoxy) is 1. The first-order chi connectivity index (χ1) is 14.1. The molecule has 0 bridgehead atoms. The summed E-state index contributed by atoms with van der Waals surface area (Å²) < 4.78 is 6.03. The molecule has 1 aromatic rings. The number of carboxylic acid groups (broad SMARTS) is 1. The Kier molecular flexibility index (Phi) is 15.4. The second-order valence-electron chi connectivity index (χ2n) is 8.16. The van der Waals surface area contributed by atoms with Crippen LogP contribution in [0, 0.1) is 0 Å². The lowest BCUT2D eigenvalue weighted by atomic mass is 10.00. The number of aliphatic carboxylic acids is 1. The molecule has 0 aromatic heterocycles. The van der Waals surface area contributed by atoms with Crippen LogP contribution in [0.15, 0.2) is 30.3 Å². The minimum atomic E-state index is -0.811. The van der Waals surface area contributed by atoms with E-state index >= 15 is 0 Å². The Labute approximate surface area is 177 Å². The second-order valence-corrected chi connectivity index (χ2v) is 8.16. The van der Waals surface area contributed by atoms with E-state index in [4.69, 9.17) is 9.84 Å². The van der Waals surface area contributed by atoms with Crippen LogP contribution in [0.4, 0.5) is 0 Å². The maximum Gasteiger partial charge on any atom is 0.303 e. The molecule has 2 unspecified atom stereocenters. The molecular formula is C25H42O4. The highest BCUT2D eigenvalue weighted by Gasteiger charge is 2.20. The minimum absolute atomic E-state index is 0.0979. The van der Waals surface area contributed by atoms with Gasteiger partial charge < -0.3 is 14.9 Å². The van der Waals surface area contributed by atoms with Gasteiger partial charge in [0.05, 0.1) is 18.8 Å². The summed E-state index contributed by atoms with van der Waals surface area (Å²) in [5.74, 6) is -0.811. The zero-order chi connectivity index (χ0) is 21.2. The van der Waals surface area contributed by atoms with Crippen molar-refractivity contribution in [2.45, 2.75) is 116 Å². The lowest BCUT2D eigenvalue weighted by molar-refractivity contribution is -0.137. The van der Waals surface area contributed by atoms with Gasteiger partial charge in [-0.15, -0.1) is 0 Å². The van der Waals surface area contributed by atoms with Gasteiger partial charge in [0.1, 0.15) is 0 Å². The number of carbonyl (C=O) groups is 1. The van der Waals surface area contributed by atoms with Crippen molar-refractivity contribution in [3.63, 3.8) is 0 Å². The molecule has 29 heavy (non-hydrogen) atoms. The average Bonchev–Trinajstić information content (AvgIpc) is 2.72. The summed E-state index contributed by atoms with van der Waals surface area (Å²) >= 11 is 0. The lowest BCUT2D eigenvalue weighted by Crippen LogP contribution is -2.29. The number of rotatable bonds is 19. The summed E-state index contributed by atoms with van der Waals surface area (Å²) in [5.41, 5.74) is 1.10. The van der Waals surface area contributed by atoms with Crippen LogP contribution in [0.2, 0.25) is 0 Å². The molecule has 1 aromatic carbocycles. The van der Waals surface area contributed by atoms with Crippen molar-refractivity contribution in [1.29, 1.82) is 0 Å². The fourth-order valence-corrected chi connectivity index (χ4v) is 3.65. The fraction of sp³-hybridized carbons (Fsp3) is 0.720. The van der Waals surface area contributed by atoms with E-state index in [0.29, 0.717) is 19.4 Å². The SMILES string of the molecule is CCCCCCCCCCCCC(OCc1ccccc1)C(O)CCCC(=O)O. The summed E-state index contributed by atoms with van der Waals surface area (Å²) in [4.78, 5) is 10.7. The molecule has 0 amide bonds. The zero-order valence-corrected chi connectivity index (χ0v) is 18.4. The zero-order valence-electron chi connectivity index (χ0n) is 18.4. The van der Waals surface area contributed by atoms with Crippen LogP contribution >= 0.6 is 0 Å². The molecule has 0 aliphatic carbocycles. The van der Waals surface area contributed by atoms with E-state index in [1.165, 1.54) is 57.8 Å². The van der Waals surface area contributed by atoms with E-state index in [1.807, 2.05) is 30.3 Å². The fourth-order valence-electron chi connectivity index (χ4n) is 3.65. The molecule has 0 saturated carbocycles. The summed E-state index contributed by atoms with van der Waals surface area (Å²) in [6, 6.07) is 9.99. The van der Waals surface area contributed by atoms with E-state index in [2.05, 4.69) is 6.92 Å². The van der Waals surface area contributed by atoms with Crippen molar-refractivity contribution in [2.75, 3.05) is 0 Å². The molecule has 0 aliphatic heterocycles. The predicted molar refractivity (Wildman–Crippen MR) is 119 cm³/mol. The molecule has 0 heterocycles. The van der Waals surface area contributed by atoms with Crippen LogP contribution < -0.4 is 0 Å². The number of aliphatic hydroxyl groups is 1. The maximum atomic E-state index is 10.7. The minimum Gasteiger partial charge on any atom is -0.481 e. The van der Waals surface area contributed by atoms with Gasteiger partial charge in [-0.25, -0.2) is 0 Å². The molecule has 2 N–H and O–H groups in total. The molecule has 0 radical (unpaired) electrons. The smallest absolute Gasteiger partial charge is 0.303 e. The van der Waals surface area contributed by atoms with E-state index in [9.17, 15) is 9.90 Å². The first-order valence-corrected chi connectivity index (χ1v) is 11.7. The molecule has 1 rings (SSSR count). The molecule has 4 nitrogen and oxygen atoms in total. The summed E-state index contributed by atoms with van der Waals surface area (Å²) in [6.45, 7) is 2.74. The maximum absolute atomic E-state index is 10.7. The van der Waals surface area contributed by atoms with Crippen LogP contribution in [-0.2, 0) is 16.1 Å². The van der Waals surface area contributed by atoms with Gasteiger partial charge in [0.25, 0.3) is 0 Å². The summed E-state index contributed by atoms with van der Waals surface area (Å²) in [7, 11) is 0. The third kappa shape index (κ3) is 14.3. The first kappa shape index (κ1) is 25.6. The Morgan fingerprint density at radius 2 is 1.45 bits per heavy atom. The number of benzene rings is 1. The van der Waals surface area contributed by atoms with Gasteiger partial charge in [0.15, 0.2) is 0 Å². The number of carboxylic acids is 1. The van der Waals surface area contributed by atoms with Crippen LogP contribution in [0.25, 0.3) is 0 Å². The van der Waals surface area contributed by atoms with Crippen molar-refractivity contribution < 1.29 is 19.7 Å². The summed E-state index contributed by atoms with van der Waals surface area (Å²) in [6.07, 6.45) is 13.9. The number of aliphatic hydroxyl groups excluding tert-OH is 1. The van der Waals surface area contributed by atoms with E-state index in [-0.39, 0.29) is 12.5 Å². The Hall–Kier alpha value is -1.39. The van der Waals surface area contributed by atoms with Gasteiger partial charge in [-0.3, -0.25) is 4.79 Å². The second kappa shape index (κ2) is 17.5. The van der Waals surface area contributed by atoms with Crippen molar-refractivity contribution in [3.05, 3.63) is 35.9 Å².